The molecule has 3 heteroatoms. The largest absolute Gasteiger partial charge is 0.489 e. The number of benzene rings is 2. The van der Waals surface area contributed by atoms with Gasteiger partial charge in [0.15, 0.2) is 0 Å². The van der Waals surface area contributed by atoms with Crippen LogP contribution in [-0.4, -0.2) is 6.04 Å². The third-order valence-electron chi connectivity index (χ3n) is 3.48. The van der Waals surface area contributed by atoms with E-state index < -0.39 is 0 Å². The Morgan fingerprint density at radius 1 is 1.10 bits per heavy atom. The molecule has 2 nitrogen and oxygen atoms in total. The van der Waals surface area contributed by atoms with Gasteiger partial charge in [0.2, 0.25) is 0 Å². The van der Waals surface area contributed by atoms with E-state index in [1.54, 1.807) is 12.1 Å². The Labute approximate surface area is 126 Å². The Kier molecular flexibility index (Phi) is 5.76. The monoisotopic (exact) mass is 287 g/mol. The summed E-state index contributed by atoms with van der Waals surface area (Å²) in [5, 5.41) is 3.46. The highest BCUT2D eigenvalue weighted by Crippen LogP contribution is 2.15. The fourth-order valence-corrected chi connectivity index (χ4v) is 1.93. The molecule has 0 heterocycles. The summed E-state index contributed by atoms with van der Waals surface area (Å²) in [5.74, 6) is 0.611. The number of halogens is 1. The van der Waals surface area contributed by atoms with Crippen LogP contribution in [0.5, 0.6) is 5.75 Å². The van der Waals surface area contributed by atoms with Gasteiger partial charge >= 0.3 is 0 Å². The van der Waals surface area contributed by atoms with Crippen LogP contribution < -0.4 is 10.1 Å². The summed E-state index contributed by atoms with van der Waals surface area (Å²) in [6.45, 7) is 5.63. The Hall–Kier alpha value is -1.87. The van der Waals surface area contributed by atoms with Crippen LogP contribution in [0.2, 0.25) is 0 Å². The van der Waals surface area contributed by atoms with Gasteiger partial charge in [0.05, 0.1) is 0 Å². The van der Waals surface area contributed by atoms with Gasteiger partial charge in [-0.05, 0) is 48.7 Å². The molecule has 0 saturated heterocycles. The zero-order chi connectivity index (χ0) is 15.1. The van der Waals surface area contributed by atoms with Gasteiger partial charge in [-0.1, -0.05) is 31.2 Å². The third-order valence-corrected chi connectivity index (χ3v) is 3.48. The highest BCUT2D eigenvalue weighted by molar-refractivity contribution is 5.29. The Bertz CT molecular complexity index is 553. The number of nitrogens with one attached hydrogen (secondary N) is 1. The third kappa shape index (κ3) is 5.20. The fourth-order valence-electron chi connectivity index (χ4n) is 1.93. The van der Waals surface area contributed by atoms with E-state index in [-0.39, 0.29) is 5.82 Å². The Balaban J connectivity index is 1.90. The summed E-state index contributed by atoms with van der Waals surface area (Å²) >= 11 is 0. The number of ether oxygens (including phenoxy) is 1. The maximum absolute atomic E-state index is 12.8. The summed E-state index contributed by atoms with van der Waals surface area (Å²) in [6, 6.07) is 14.9. The molecule has 21 heavy (non-hydrogen) atoms. The normalized spacial score (nSPS) is 12.1. The first-order valence-electron chi connectivity index (χ1n) is 7.37. The minimum absolute atomic E-state index is 0.225. The lowest BCUT2D eigenvalue weighted by Crippen LogP contribution is -2.24. The predicted octanol–water partition coefficient (Wildman–Crippen LogP) is 4.29. The maximum Gasteiger partial charge on any atom is 0.123 e. The van der Waals surface area contributed by atoms with E-state index in [4.69, 9.17) is 4.74 Å². The summed E-state index contributed by atoms with van der Waals surface area (Å²) < 4.78 is 18.6. The molecule has 0 radical (unpaired) electrons. The van der Waals surface area contributed by atoms with Crippen molar-refractivity contribution in [2.24, 2.45) is 0 Å². The van der Waals surface area contributed by atoms with Crippen molar-refractivity contribution >= 4 is 0 Å². The zero-order valence-corrected chi connectivity index (χ0v) is 12.6. The van der Waals surface area contributed by atoms with Gasteiger partial charge in [-0.3, -0.25) is 0 Å². The Morgan fingerprint density at radius 2 is 1.86 bits per heavy atom. The standard InChI is InChI=1S/C18H22FNO/c1-3-14(2)20-12-16-5-4-6-18(11-16)21-13-15-7-9-17(19)10-8-15/h4-11,14,20H,3,12-13H2,1-2H3. The van der Waals surface area contributed by atoms with Crippen LogP contribution in [-0.2, 0) is 13.2 Å². The van der Waals surface area contributed by atoms with Gasteiger partial charge in [0.25, 0.3) is 0 Å². The summed E-state index contributed by atoms with van der Waals surface area (Å²) in [4.78, 5) is 0. The maximum atomic E-state index is 12.8. The lowest BCUT2D eigenvalue weighted by atomic mass is 10.2. The smallest absolute Gasteiger partial charge is 0.123 e. The highest BCUT2D eigenvalue weighted by Gasteiger charge is 2.01. The van der Waals surface area contributed by atoms with Gasteiger partial charge in [-0.25, -0.2) is 4.39 Å². The van der Waals surface area contributed by atoms with Gasteiger partial charge in [-0.2, -0.15) is 0 Å². The van der Waals surface area contributed by atoms with Gasteiger partial charge in [0.1, 0.15) is 18.2 Å². The minimum Gasteiger partial charge on any atom is -0.489 e. The first kappa shape index (κ1) is 15.5. The topological polar surface area (TPSA) is 21.3 Å². The van der Waals surface area contributed by atoms with E-state index in [1.807, 2.05) is 18.2 Å². The molecule has 2 aromatic carbocycles. The molecule has 0 spiro atoms. The van der Waals surface area contributed by atoms with Crippen LogP contribution in [0.1, 0.15) is 31.4 Å². The Morgan fingerprint density at radius 3 is 2.57 bits per heavy atom. The van der Waals surface area contributed by atoms with Crippen LogP contribution in [0.25, 0.3) is 0 Å². The number of hydrogen-bond acceptors (Lipinski definition) is 2. The van der Waals surface area contributed by atoms with Crippen LogP contribution in [0.15, 0.2) is 48.5 Å². The second kappa shape index (κ2) is 7.79. The van der Waals surface area contributed by atoms with Crippen molar-refractivity contribution < 1.29 is 9.13 Å². The number of rotatable bonds is 7. The molecule has 0 amide bonds. The molecule has 0 aliphatic heterocycles. The van der Waals surface area contributed by atoms with Crippen molar-refractivity contribution in [1.29, 1.82) is 0 Å². The van der Waals surface area contributed by atoms with Gasteiger partial charge in [-0.15, -0.1) is 0 Å². The first-order chi connectivity index (χ1) is 10.2. The molecule has 0 saturated carbocycles. The van der Waals surface area contributed by atoms with E-state index in [9.17, 15) is 4.39 Å². The average Bonchev–Trinajstić information content (AvgIpc) is 2.52. The second-order valence-corrected chi connectivity index (χ2v) is 5.25. The molecular weight excluding hydrogens is 265 g/mol. The molecule has 2 aromatic rings. The molecule has 112 valence electrons. The first-order valence-corrected chi connectivity index (χ1v) is 7.37. The van der Waals surface area contributed by atoms with Crippen molar-refractivity contribution in [2.75, 3.05) is 0 Å². The van der Waals surface area contributed by atoms with Crippen LogP contribution in [0.4, 0.5) is 4.39 Å². The van der Waals surface area contributed by atoms with Crippen molar-refractivity contribution in [3.63, 3.8) is 0 Å². The van der Waals surface area contributed by atoms with E-state index in [0.29, 0.717) is 12.6 Å². The van der Waals surface area contributed by atoms with Gasteiger partial charge in [0, 0.05) is 12.6 Å². The van der Waals surface area contributed by atoms with E-state index in [1.165, 1.54) is 17.7 Å². The summed E-state index contributed by atoms with van der Waals surface area (Å²) in [7, 11) is 0. The quantitative estimate of drug-likeness (QED) is 0.820. The zero-order valence-electron chi connectivity index (χ0n) is 12.6. The SMILES string of the molecule is CCC(C)NCc1cccc(OCc2ccc(F)cc2)c1. The molecule has 1 N–H and O–H groups in total. The molecule has 0 bridgehead atoms. The molecule has 2 rings (SSSR count). The molecule has 0 fully saturated rings. The van der Waals surface area contributed by atoms with Crippen LogP contribution >= 0.6 is 0 Å². The van der Waals surface area contributed by atoms with E-state index in [0.717, 1.165) is 24.3 Å². The lowest BCUT2D eigenvalue weighted by molar-refractivity contribution is 0.305. The summed E-state index contributed by atoms with van der Waals surface area (Å²) in [6.07, 6.45) is 1.11. The fraction of sp³-hybridized carbons (Fsp3) is 0.333. The highest BCUT2D eigenvalue weighted by atomic mass is 19.1. The van der Waals surface area contributed by atoms with Crippen molar-refractivity contribution in [3.8, 4) is 5.75 Å². The number of hydrogen-bond donors (Lipinski definition) is 1. The van der Waals surface area contributed by atoms with Gasteiger partial charge < -0.3 is 10.1 Å². The van der Waals surface area contributed by atoms with E-state index >= 15 is 0 Å². The molecule has 1 unspecified atom stereocenters. The lowest BCUT2D eigenvalue weighted by Gasteiger charge is -2.12. The predicted molar refractivity (Wildman–Crippen MR) is 83.8 cm³/mol. The van der Waals surface area contributed by atoms with Crippen molar-refractivity contribution in [2.45, 2.75) is 39.5 Å². The van der Waals surface area contributed by atoms with Crippen molar-refractivity contribution in [1.82, 2.24) is 5.32 Å². The molecule has 0 aromatic heterocycles. The minimum atomic E-state index is -0.225. The van der Waals surface area contributed by atoms with E-state index in [2.05, 4.69) is 25.2 Å². The average molecular weight is 287 g/mol. The summed E-state index contributed by atoms with van der Waals surface area (Å²) in [5.41, 5.74) is 2.16. The second-order valence-electron chi connectivity index (χ2n) is 5.25. The molecular formula is C18H22FNO. The van der Waals surface area contributed by atoms with Crippen molar-refractivity contribution in [3.05, 3.63) is 65.5 Å². The van der Waals surface area contributed by atoms with Crippen LogP contribution in [0.3, 0.4) is 0 Å². The molecule has 0 aliphatic carbocycles. The molecule has 0 aliphatic rings. The molecule has 1 atom stereocenters. The van der Waals surface area contributed by atoms with Crippen LogP contribution in [0, 0.1) is 5.82 Å².